The highest BCUT2D eigenvalue weighted by Gasteiger charge is 2.54. The molecule has 4 bridgehead atoms. The molecule has 4 fully saturated rings. The average Bonchev–Trinajstić information content (AvgIpc) is 2.41. The summed E-state index contributed by atoms with van der Waals surface area (Å²) in [6, 6.07) is 7.16. The van der Waals surface area contributed by atoms with Crippen LogP contribution in [0.3, 0.4) is 0 Å². The third-order valence-corrected chi connectivity index (χ3v) is 6.92. The van der Waals surface area contributed by atoms with E-state index in [0.717, 1.165) is 22.8 Å². The Hall–Kier alpha value is -0.530. The van der Waals surface area contributed by atoms with E-state index in [0.29, 0.717) is 11.5 Å². The fourth-order valence-electron chi connectivity index (χ4n) is 6.15. The monoisotopic (exact) mass is 303 g/mol. The molecule has 2 heteroatoms. The molecule has 1 N–H and O–H groups in total. The Kier molecular flexibility index (Phi) is 3.35. The molecule has 21 heavy (non-hydrogen) atoms. The zero-order valence-corrected chi connectivity index (χ0v) is 13.9. The average molecular weight is 304 g/mol. The van der Waals surface area contributed by atoms with Gasteiger partial charge in [0.05, 0.1) is 0 Å². The molecule has 0 radical (unpaired) electrons. The molecule has 4 aliphatic rings. The maximum atomic E-state index is 6.39. The highest BCUT2D eigenvalue weighted by atomic mass is 35.5. The summed E-state index contributed by atoms with van der Waals surface area (Å²) in [6.07, 6.45) is 8.79. The molecule has 4 aliphatic carbocycles. The van der Waals surface area contributed by atoms with Gasteiger partial charge in [0.1, 0.15) is 0 Å². The first kappa shape index (κ1) is 14.1. The van der Waals surface area contributed by atoms with Crippen molar-refractivity contribution in [2.24, 2.45) is 23.2 Å². The first-order valence-electron chi connectivity index (χ1n) is 8.53. The Morgan fingerprint density at radius 2 is 1.67 bits per heavy atom. The minimum absolute atomic E-state index is 0.476. The first-order chi connectivity index (χ1) is 10.1. The van der Waals surface area contributed by atoms with Crippen LogP contribution in [0.15, 0.2) is 18.2 Å². The van der Waals surface area contributed by atoms with E-state index >= 15 is 0 Å². The van der Waals surface area contributed by atoms with Crippen molar-refractivity contribution in [3.63, 3.8) is 0 Å². The summed E-state index contributed by atoms with van der Waals surface area (Å²) < 4.78 is 0. The van der Waals surface area contributed by atoms with Gasteiger partial charge in [0.15, 0.2) is 0 Å². The Morgan fingerprint density at radius 3 is 2.14 bits per heavy atom. The lowest BCUT2D eigenvalue weighted by Crippen LogP contribution is -2.51. The van der Waals surface area contributed by atoms with E-state index in [1.54, 1.807) is 0 Å². The van der Waals surface area contributed by atoms with Crippen molar-refractivity contribution < 1.29 is 0 Å². The topological polar surface area (TPSA) is 12.0 Å². The quantitative estimate of drug-likeness (QED) is 0.816. The van der Waals surface area contributed by atoms with Crippen LogP contribution in [0.4, 0.5) is 0 Å². The summed E-state index contributed by atoms with van der Waals surface area (Å²) >= 11 is 6.39. The molecule has 0 aromatic heterocycles. The molecule has 1 nitrogen and oxygen atoms in total. The zero-order chi connectivity index (χ0) is 14.6. The highest BCUT2D eigenvalue weighted by Crippen LogP contribution is 2.64. The Balaban J connectivity index is 1.70. The molecule has 114 valence electrons. The Morgan fingerprint density at radius 1 is 1.10 bits per heavy atom. The van der Waals surface area contributed by atoms with E-state index in [1.807, 2.05) is 0 Å². The Bertz CT molecular complexity index is 515. The summed E-state index contributed by atoms with van der Waals surface area (Å²) in [5.74, 6) is 2.98. The standard InChI is InChI=1S/C19H26ClN/c1-12-3-4-16(8-17(12)20)18(21-2)19-9-13-5-14(10-19)7-15(6-13)11-19/h3-4,8,13-15,18,21H,5-7,9-11H2,1-2H3. The van der Waals surface area contributed by atoms with Gasteiger partial charge in [-0.1, -0.05) is 23.7 Å². The fraction of sp³-hybridized carbons (Fsp3) is 0.684. The fourth-order valence-corrected chi connectivity index (χ4v) is 6.34. The maximum absolute atomic E-state index is 6.39. The number of hydrogen-bond acceptors (Lipinski definition) is 1. The molecular weight excluding hydrogens is 278 g/mol. The van der Waals surface area contributed by atoms with Crippen LogP contribution < -0.4 is 5.32 Å². The smallest absolute Gasteiger partial charge is 0.0438 e. The molecule has 1 unspecified atom stereocenters. The van der Waals surface area contributed by atoms with E-state index in [9.17, 15) is 0 Å². The second kappa shape index (κ2) is 4.99. The molecule has 0 saturated heterocycles. The maximum Gasteiger partial charge on any atom is 0.0438 e. The normalized spacial score (nSPS) is 38.7. The number of benzene rings is 1. The van der Waals surface area contributed by atoms with E-state index < -0.39 is 0 Å². The van der Waals surface area contributed by atoms with Gasteiger partial charge < -0.3 is 5.32 Å². The third kappa shape index (κ3) is 2.24. The molecular formula is C19H26ClN. The number of nitrogens with one attached hydrogen (secondary N) is 1. The van der Waals surface area contributed by atoms with Crippen LogP contribution in [0.1, 0.15) is 55.7 Å². The van der Waals surface area contributed by atoms with Crippen LogP contribution in [0.2, 0.25) is 5.02 Å². The molecule has 5 rings (SSSR count). The van der Waals surface area contributed by atoms with Gasteiger partial charge in [-0.25, -0.2) is 0 Å². The SMILES string of the molecule is CNC(c1ccc(C)c(Cl)c1)C12CC3CC(CC(C3)C1)C2. The molecule has 1 atom stereocenters. The lowest BCUT2D eigenvalue weighted by molar-refractivity contribution is -0.0736. The molecule has 0 spiro atoms. The summed E-state index contributed by atoms with van der Waals surface area (Å²) in [7, 11) is 2.14. The van der Waals surface area contributed by atoms with Gasteiger partial charge in [0, 0.05) is 11.1 Å². The first-order valence-corrected chi connectivity index (χ1v) is 8.91. The largest absolute Gasteiger partial charge is 0.313 e. The molecule has 0 heterocycles. The van der Waals surface area contributed by atoms with Gasteiger partial charge in [-0.05, 0) is 92.9 Å². The zero-order valence-electron chi connectivity index (χ0n) is 13.2. The predicted octanol–water partition coefficient (Wildman–Crippen LogP) is 5.13. The van der Waals surface area contributed by atoms with Crippen molar-refractivity contribution in [2.45, 2.75) is 51.5 Å². The van der Waals surface area contributed by atoms with Crippen LogP contribution in [-0.2, 0) is 0 Å². The Labute approximate surface area is 133 Å². The van der Waals surface area contributed by atoms with E-state index in [1.165, 1.54) is 49.7 Å². The lowest BCUT2D eigenvalue weighted by Gasteiger charge is -2.59. The van der Waals surface area contributed by atoms with Gasteiger partial charge >= 0.3 is 0 Å². The summed E-state index contributed by atoms with van der Waals surface area (Å²) in [4.78, 5) is 0. The van der Waals surface area contributed by atoms with E-state index in [2.05, 4.69) is 37.5 Å². The number of hydrogen-bond donors (Lipinski definition) is 1. The molecule has 0 aliphatic heterocycles. The van der Waals surface area contributed by atoms with Gasteiger partial charge in [0.25, 0.3) is 0 Å². The van der Waals surface area contributed by atoms with E-state index in [4.69, 9.17) is 11.6 Å². The number of halogens is 1. The van der Waals surface area contributed by atoms with Gasteiger partial charge in [-0.15, -0.1) is 0 Å². The molecule has 4 saturated carbocycles. The molecule has 1 aromatic carbocycles. The van der Waals surface area contributed by atoms with Gasteiger partial charge in [-0.2, -0.15) is 0 Å². The van der Waals surface area contributed by atoms with E-state index in [-0.39, 0.29) is 0 Å². The van der Waals surface area contributed by atoms with Crippen LogP contribution >= 0.6 is 11.6 Å². The second-order valence-corrected chi connectivity index (χ2v) is 8.42. The van der Waals surface area contributed by atoms with Crippen LogP contribution in [0, 0.1) is 30.1 Å². The predicted molar refractivity (Wildman–Crippen MR) is 88.6 cm³/mol. The van der Waals surface area contributed by atoms with Gasteiger partial charge in [-0.3, -0.25) is 0 Å². The van der Waals surface area contributed by atoms with Crippen LogP contribution in [0.5, 0.6) is 0 Å². The highest BCUT2D eigenvalue weighted by molar-refractivity contribution is 6.31. The number of rotatable bonds is 3. The minimum atomic E-state index is 0.476. The van der Waals surface area contributed by atoms with Crippen LogP contribution in [-0.4, -0.2) is 7.05 Å². The summed E-state index contributed by atoms with van der Waals surface area (Å²) in [5, 5.41) is 4.58. The summed E-state index contributed by atoms with van der Waals surface area (Å²) in [6.45, 7) is 2.09. The second-order valence-electron chi connectivity index (χ2n) is 8.01. The minimum Gasteiger partial charge on any atom is -0.313 e. The van der Waals surface area contributed by atoms with Crippen LogP contribution in [0.25, 0.3) is 0 Å². The molecule has 1 aromatic rings. The third-order valence-electron chi connectivity index (χ3n) is 6.52. The summed E-state index contributed by atoms with van der Waals surface area (Å²) in [5.41, 5.74) is 3.07. The van der Waals surface area contributed by atoms with Crippen molar-refractivity contribution in [3.8, 4) is 0 Å². The van der Waals surface area contributed by atoms with Crippen molar-refractivity contribution in [1.82, 2.24) is 5.32 Å². The molecule has 0 amide bonds. The number of aryl methyl sites for hydroxylation is 1. The van der Waals surface area contributed by atoms with Crippen molar-refractivity contribution in [3.05, 3.63) is 34.3 Å². The lowest BCUT2D eigenvalue weighted by atomic mass is 9.47. The van der Waals surface area contributed by atoms with Crippen molar-refractivity contribution in [2.75, 3.05) is 7.05 Å². The van der Waals surface area contributed by atoms with Crippen molar-refractivity contribution in [1.29, 1.82) is 0 Å². The van der Waals surface area contributed by atoms with Gasteiger partial charge in [0.2, 0.25) is 0 Å². The van der Waals surface area contributed by atoms with Crippen molar-refractivity contribution >= 4 is 11.6 Å².